The molecule has 0 unspecified atom stereocenters. The standard InChI is InChI=1S/C15H13N3O3S2/c1-8-12(23-7-16-8)6-21-14(20)9-3-4-10-11(5-9)17-15(22)18(2)13(10)19/h3-5,7H,6H2,1-2H3,(H,17,22). The number of nitrogens with one attached hydrogen (secondary N) is 1. The maximum Gasteiger partial charge on any atom is 0.338 e. The molecule has 0 atom stereocenters. The van der Waals surface area contributed by atoms with Crippen LogP contribution < -0.4 is 5.56 Å². The van der Waals surface area contributed by atoms with Crippen LogP contribution in [0.3, 0.4) is 0 Å². The van der Waals surface area contributed by atoms with E-state index in [1.165, 1.54) is 15.9 Å². The average molecular weight is 347 g/mol. The summed E-state index contributed by atoms with van der Waals surface area (Å²) in [5.41, 5.74) is 3.24. The van der Waals surface area contributed by atoms with Gasteiger partial charge in [0, 0.05) is 7.05 Å². The summed E-state index contributed by atoms with van der Waals surface area (Å²) in [5.74, 6) is -0.459. The highest BCUT2D eigenvalue weighted by Crippen LogP contribution is 2.16. The van der Waals surface area contributed by atoms with Gasteiger partial charge in [-0.2, -0.15) is 0 Å². The molecule has 2 heterocycles. The third-order valence-electron chi connectivity index (χ3n) is 3.52. The van der Waals surface area contributed by atoms with E-state index >= 15 is 0 Å². The molecule has 1 aromatic carbocycles. The smallest absolute Gasteiger partial charge is 0.338 e. The lowest BCUT2D eigenvalue weighted by Crippen LogP contribution is -2.19. The van der Waals surface area contributed by atoms with E-state index in [1.807, 2.05) is 6.92 Å². The second kappa shape index (κ2) is 6.05. The van der Waals surface area contributed by atoms with Crippen molar-refractivity contribution in [3.05, 3.63) is 55.0 Å². The predicted octanol–water partition coefficient (Wildman–Crippen LogP) is 2.72. The third kappa shape index (κ3) is 2.95. The van der Waals surface area contributed by atoms with E-state index in [0.29, 0.717) is 21.2 Å². The van der Waals surface area contributed by atoms with Crippen molar-refractivity contribution in [2.75, 3.05) is 0 Å². The Morgan fingerprint density at radius 3 is 2.96 bits per heavy atom. The second-order valence-corrected chi connectivity index (χ2v) is 6.32. The molecule has 23 heavy (non-hydrogen) atoms. The molecule has 0 saturated carbocycles. The molecule has 0 amide bonds. The van der Waals surface area contributed by atoms with Crippen molar-refractivity contribution in [1.82, 2.24) is 14.5 Å². The van der Waals surface area contributed by atoms with Gasteiger partial charge >= 0.3 is 5.97 Å². The summed E-state index contributed by atoms with van der Waals surface area (Å²) in [6.45, 7) is 2.05. The number of carbonyl (C=O) groups is 1. The molecule has 0 bridgehead atoms. The van der Waals surface area contributed by atoms with Crippen LogP contribution in [0.5, 0.6) is 0 Å². The monoisotopic (exact) mass is 347 g/mol. The Morgan fingerprint density at radius 1 is 1.48 bits per heavy atom. The van der Waals surface area contributed by atoms with Crippen molar-refractivity contribution in [2.24, 2.45) is 7.05 Å². The molecule has 3 rings (SSSR count). The van der Waals surface area contributed by atoms with Gasteiger partial charge in [-0.05, 0) is 37.3 Å². The third-order valence-corrected chi connectivity index (χ3v) is 4.80. The molecule has 0 aliphatic rings. The number of rotatable bonds is 3. The van der Waals surface area contributed by atoms with E-state index in [1.54, 1.807) is 30.8 Å². The average Bonchev–Trinajstić information content (AvgIpc) is 2.95. The summed E-state index contributed by atoms with van der Waals surface area (Å²) in [7, 11) is 1.60. The van der Waals surface area contributed by atoms with Gasteiger partial charge in [0.2, 0.25) is 0 Å². The lowest BCUT2D eigenvalue weighted by molar-refractivity contribution is 0.0476. The zero-order valence-corrected chi connectivity index (χ0v) is 14.1. The highest BCUT2D eigenvalue weighted by molar-refractivity contribution is 7.71. The van der Waals surface area contributed by atoms with E-state index in [2.05, 4.69) is 9.97 Å². The fraction of sp³-hybridized carbons (Fsp3) is 0.200. The largest absolute Gasteiger partial charge is 0.456 e. The molecule has 0 fully saturated rings. The minimum absolute atomic E-state index is 0.180. The molecular formula is C15H13N3O3S2. The highest BCUT2D eigenvalue weighted by atomic mass is 32.1. The van der Waals surface area contributed by atoms with Gasteiger partial charge in [0.05, 0.1) is 32.5 Å². The number of benzene rings is 1. The van der Waals surface area contributed by atoms with Crippen LogP contribution in [-0.2, 0) is 18.4 Å². The van der Waals surface area contributed by atoms with Gasteiger partial charge in [0.25, 0.3) is 5.56 Å². The maximum absolute atomic E-state index is 12.2. The number of thiazole rings is 1. The molecule has 3 aromatic rings. The quantitative estimate of drug-likeness (QED) is 0.582. The number of carbonyl (C=O) groups excluding carboxylic acids is 1. The van der Waals surface area contributed by atoms with Crippen LogP contribution in [0, 0.1) is 11.7 Å². The molecule has 1 N–H and O–H groups in total. The second-order valence-electron chi connectivity index (χ2n) is 4.99. The first-order chi connectivity index (χ1) is 11.0. The molecule has 2 aromatic heterocycles. The number of esters is 1. The number of aromatic nitrogens is 3. The zero-order chi connectivity index (χ0) is 16.6. The van der Waals surface area contributed by atoms with Gasteiger partial charge in [0.1, 0.15) is 6.61 Å². The summed E-state index contributed by atoms with van der Waals surface area (Å²) in [6, 6.07) is 4.74. The normalized spacial score (nSPS) is 10.9. The predicted molar refractivity (Wildman–Crippen MR) is 90.3 cm³/mol. The van der Waals surface area contributed by atoms with Crippen LogP contribution in [0.15, 0.2) is 28.5 Å². The van der Waals surface area contributed by atoms with E-state index in [4.69, 9.17) is 17.0 Å². The van der Waals surface area contributed by atoms with Crippen molar-refractivity contribution in [3.63, 3.8) is 0 Å². The number of H-pyrrole nitrogens is 1. The Bertz CT molecular complexity index is 1020. The van der Waals surface area contributed by atoms with Crippen LogP contribution in [0.4, 0.5) is 0 Å². The molecule has 6 nitrogen and oxygen atoms in total. The number of ether oxygens (including phenoxy) is 1. The van der Waals surface area contributed by atoms with Crippen molar-refractivity contribution in [3.8, 4) is 0 Å². The number of fused-ring (bicyclic) bond motifs is 1. The molecule has 0 saturated heterocycles. The highest BCUT2D eigenvalue weighted by Gasteiger charge is 2.12. The number of hydrogen-bond acceptors (Lipinski definition) is 6. The Labute approximate surface area is 140 Å². The van der Waals surface area contributed by atoms with Gasteiger partial charge in [-0.1, -0.05) is 0 Å². The van der Waals surface area contributed by atoms with E-state index in [-0.39, 0.29) is 12.2 Å². The minimum Gasteiger partial charge on any atom is -0.456 e. The van der Waals surface area contributed by atoms with Crippen molar-refractivity contribution >= 4 is 40.4 Å². The molecule has 0 radical (unpaired) electrons. The number of hydrogen-bond donors (Lipinski definition) is 1. The van der Waals surface area contributed by atoms with Crippen molar-refractivity contribution in [2.45, 2.75) is 13.5 Å². The van der Waals surface area contributed by atoms with Crippen molar-refractivity contribution in [1.29, 1.82) is 0 Å². The van der Waals surface area contributed by atoms with Crippen molar-refractivity contribution < 1.29 is 9.53 Å². The van der Waals surface area contributed by atoms with Crippen LogP contribution in [0.1, 0.15) is 20.9 Å². The summed E-state index contributed by atoms with van der Waals surface area (Å²) in [4.78, 5) is 32.2. The van der Waals surface area contributed by atoms with Gasteiger partial charge in [-0.3, -0.25) is 9.36 Å². The summed E-state index contributed by atoms with van der Waals surface area (Å²) in [5, 5.41) is 0.468. The molecule has 8 heteroatoms. The maximum atomic E-state index is 12.2. The minimum atomic E-state index is -0.459. The number of nitrogens with zero attached hydrogens (tertiary/aromatic N) is 2. The van der Waals surface area contributed by atoms with E-state index in [9.17, 15) is 9.59 Å². The first-order valence-electron chi connectivity index (χ1n) is 6.76. The first-order valence-corrected chi connectivity index (χ1v) is 8.05. The number of aryl methyl sites for hydroxylation is 1. The Balaban J connectivity index is 1.90. The Kier molecular flexibility index (Phi) is 4.10. The molecule has 0 aliphatic heterocycles. The SMILES string of the molecule is Cc1ncsc1COC(=O)c1ccc2c(=O)n(C)c(=S)[nH]c2c1. The van der Waals surface area contributed by atoms with Gasteiger partial charge in [-0.25, -0.2) is 9.78 Å². The van der Waals surface area contributed by atoms with Gasteiger partial charge in [-0.15, -0.1) is 11.3 Å². The van der Waals surface area contributed by atoms with E-state index in [0.717, 1.165) is 10.6 Å². The van der Waals surface area contributed by atoms with Crippen LogP contribution in [0.2, 0.25) is 0 Å². The lowest BCUT2D eigenvalue weighted by atomic mass is 10.1. The van der Waals surface area contributed by atoms with Gasteiger partial charge in [0.15, 0.2) is 4.77 Å². The zero-order valence-electron chi connectivity index (χ0n) is 12.5. The van der Waals surface area contributed by atoms with E-state index < -0.39 is 5.97 Å². The van der Waals surface area contributed by atoms with Crippen LogP contribution in [0.25, 0.3) is 10.9 Å². The lowest BCUT2D eigenvalue weighted by Gasteiger charge is -2.06. The molecule has 0 aliphatic carbocycles. The fourth-order valence-corrected chi connectivity index (χ4v) is 2.99. The number of aromatic amines is 1. The van der Waals surface area contributed by atoms with Crippen LogP contribution >= 0.6 is 23.6 Å². The summed E-state index contributed by atoms with van der Waals surface area (Å²) < 4.78 is 6.94. The summed E-state index contributed by atoms with van der Waals surface area (Å²) >= 11 is 6.52. The molecule has 0 spiro atoms. The summed E-state index contributed by atoms with van der Waals surface area (Å²) in [6.07, 6.45) is 0. The molecular weight excluding hydrogens is 334 g/mol. The Morgan fingerprint density at radius 2 is 2.26 bits per heavy atom. The topological polar surface area (TPSA) is 77.0 Å². The van der Waals surface area contributed by atoms with Gasteiger partial charge < -0.3 is 9.72 Å². The Hall–Kier alpha value is -2.32. The molecule has 118 valence electrons. The fourth-order valence-electron chi connectivity index (χ4n) is 2.11. The van der Waals surface area contributed by atoms with Crippen LogP contribution in [-0.4, -0.2) is 20.5 Å². The first kappa shape index (κ1) is 15.6.